The van der Waals surface area contributed by atoms with Crippen LogP contribution in [0.3, 0.4) is 0 Å². The number of rotatable bonds is 13. The SMILES string of the molecule is CC[C@@H](C)NC(=O)[C@@H](CC)N(Cc1ccc(OC)cc1)C(=O)CN(c1ccccc1F)S(=O)(=O)c1ccccc1. The van der Waals surface area contributed by atoms with E-state index in [2.05, 4.69) is 5.32 Å². The molecule has 3 rings (SSSR count). The third-order valence-corrected chi connectivity index (χ3v) is 8.40. The van der Waals surface area contributed by atoms with Crippen molar-refractivity contribution >= 4 is 27.5 Å². The van der Waals surface area contributed by atoms with E-state index in [1.165, 1.54) is 35.2 Å². The molecule has 40 heavy (non-hydrogen) atoms. The van der Waals surface area contributed by atoms with Gasteiger partial charge in [0.05, 0.1) is 17.7 Å². The molecule has 3 aromatic rings. The highest BCUT2D eigenvalue weighted by molar-refractivity contribution is 7.92. The third kappa shape index (κ3) is 7.38. The Morgan fingerprint density at radius 1 is 0.925 bits per heavy atom. The van der Waals surface area contributed by atoms with Crippen LogP contribution < -0.4 is 14.4 Å². The Morgan fingerprint density at radius 3 is 2.12 bits per heavy atom. The molecule has 0 saturated heterocycles. The van der Waals surface area contributed by atoms with Gasteiger partial charge in [0, 0.05) is 12.6 Å². The van der Waals surface area contributed by atoms with Gasteiger partial charge in [0.15, 0.2) is 0 Å². The molecule has 3 aromatic carbocycles. The molecule has 8 nitrogen and oxygen atoms in total. The second kappa shape index (κ2) is 13.9. The highest BCUT2D eigenvalue weighted by Gasteiger charge is 2.34. The number of methoxy groups -OCH3 is 1. The van der Waals surface area contributed by atoms with Crippen LogP contribution in [0.5, 0.6) is 5.75 Å². The molecule has 0 unspecified atom stereocenters. The van der Waals surface area contributed by atoms with Crippen molar-refractivity contribution in [3.63, 3.8) is 0 Å². The van der Waals surface area contributed by atoms with Gasteiger partial charge in [-0.05, 0) is 61.7 Å². The minimum Gasteiger partial charge on any atom is -0.497 e. The molecule has 0 aliphatic carbocycles. The van der Waals surface area contributed by atoms with Gasteiger partial charge in [-0.2, -0.15) is 0 Å². The molecule has 1 N–H and O–H groups in total. The monoisotopic (exact) mass is 569 g/mol. The number of carbonyl (C=O) groups is 2. The molecule has 0 aliphatic heterocycles. The van der Waals surface area contributed by atoms with Crippen molar-refractivity contribution in [2.24, 2.45) is 0 Å². The van der Waals surface area contributed by atoms with Gasteiger partial charge < -0.3 is 15.0 Å². The van der Waals surface area contributed by atoms with Crippen LogP contribution in [0.15, 0.2) is 83.8 Å². The molecule has 10 heteroatoms. The van der Waals surface area contributed by atoms with Gasteiger partial charge in [0.1, 0.15) is 24.2 Å². The fourth-order valence-corrected chi connectivity index (χ4v) is 5.62. The van der Waals surface area contributed by atoms with Crippen LogP contribution in [0.2, 0.25) is 0 Å². The number of carbonyl (C=O) groups excluding carboxylic acids is 2. The number of ether oxygens (including phenoxy) is 1. The topological polar surface area (TPSA) is 96.0 Å². The summed E-state index contributed by atoms with van der Waals surface area (Å²) in [5, 5.41) is 2.93. The minimum absolute atomic E-state index is 0.0335. The van der Waals surface area contributed by atoms with Crippen molar-refractivity contribution in [1.82, 2.24) is 10.2 Å². The highest BCUT2D eigenvalue weighted by atomic mass is 32.2. The summed E-state index contributed by atoms with van der Waals surface area (Å²) in [6.45, 7) is 4.91. The van der Waals surface area contributed by atoms with E-state index in [0.717, 1.165) is 10.4 Å². The van der Waals surface area contributed by atoms with Gasteiger partial charge in [-0.15, -0.1) is 0 Å². The lowest BCUT2D eigenvalue weighted by Crippen LogP contribution is -2.53. The molecular weight excluding hydrogens is 533 g/mol. The fraction of sp³-hybridized carbons (Fsp3) is 0.333. The van der Waals surface area contributed by atoms with Crippen LogP contribution in [0, 0.1) is 5.82 Å². The summed E-state index contributed by atoms with van der Waals surface area (Å²) < 4.78 is 48.4. The number of hydrogen-bond donors (Lipinski definition) is 1. The normalized spacial score (nSPS) is 12.7. The van der Waals surface area contributed by atoms with Crippen LogP contribution in [-0.2, 0) is 26.2 Å². The number of para-hydroxylation sites is 1. The summed E-state index contributed by atoms with van der Waals surface area (Å²) in [6.07, 6.45) is 0.986. The van der Waals surface area contributed by atoms with Crippen molar-refractivity contribution in [3.8, 4) is 5.75 Å². The zero-order valence-corrected chi connectivity index (χ0v) is 24.0. The summed E-state index contributed by atoms with van der Waals surface area (Å²) >= 11 is 0. The maximum Gasteiger partial charge on any atom is 0.264 e. The summed E-state index contributed by atoms with van der Waals surface area (Å²) in [6, 6.07) is 18.9. The van der Waals surface area contributed by atoms with E-state index in [0.29, 0.717) is 17.7 Å². The smallest absolute Gasteiger partial charge is 0.264 e. The lowest BCUT2D eigenvalue weighted by Gasteiger charge is -2.33. The van der Waals surface area contributed by atoms with Gasteiger partial charge >= 0.3 is 0 Å². The molecule has 0 aromatic heterocycles. The lowest BCUT2D eigenvalue weighted by molar-refractivity contribution is -0.140. The molecular formula is C30H36FN3O5S. The van der Waals surface area contributed by atoms with Crippen LogP contribution in [0.4, 0.5) is 10.1 Å². The zero-order chi connectivity index (χ0) is 29.3. The van der Waals surface area contributed by atoms with Crippen LogP contribution in [0.25, 0.3) is 0 Å². The van der Waals surface area contributed by atoms with Crippen molar-refractivity contribution in [3.05, 3.63) is 90.2 Å². The van der Waals surface area contributed by atoms with E-state index in [1.807, 2.05) is 13.8 Å². The van der Waals surface area contributed by atoms with Crippen LogP contribution in [0.1, 0.15) is 39.2 Å². The molecule has 0 spiro atoms. The maximum absolute atomic E-state index is 15.0. The second-order valence-electron chi connectivity index (χ2n) is 9.39. The number of nitrogens with one attached hydrogen (secondary N) is 1. The Hall–Kier alpha value is -3.92. The van der Waals surface area contributed by atoms with E-state index < -0.39 is 34.3 Å². The second-order valence-corrected chi connectivity index (χ2v) is 11.3. The first-order valence-corrected chi connectivity index (χ1v) is 14.6. The maximum atomic E-state index is 15.0. The molecule has 0 heterocycles. The Bertz CT molecular complexity index is 1380. The van der Waals surface area contributed by atoms with Crippen LogP contribution >= 0.6 is 0 Å². The van der Waals surface area contributed by atoms with Crippen molar-refractivity contribution in [2.45, 2.75) is 57.1 Å². The molecule has 0 saturated carbocycles. The Morgan fingerprint density at radius 2 is 1.55 bits per heavy atom. The number of nitrogens with zero attached hydrogens (tertiary/aromatic N) is 2. The molecule has 2 amide bonds. The molecule has 0 bridgehead atoms. The molecule has 2 atom stereocenters. The quantitative estimate of drug-likeness (QED) is 0.321. The number of halogens is 1. The average molecular weight is 570 g/mol. The highest BCUT2D eigenvalue weighted by Crippen LogP contribution is 2.27. The average Bonchev–Trinajstić information content (AvgIpc) is 2.96. The third-order valence-electron chi connectivity index (χ3n) is 6.63. The first kappa shape index (κ1) is 30.6. The first-order chi connectivity index (χ1) is 19.1. The van der Waals surface area contributed by atoms with Crippen molar-refractivity contribution < 1.29 is 27.1 Å². The van der Waals surface area contributed by atoms with E-state index in [9.17, 15) is 22.4 Å². The van der Waals surface area contributed by atoms with Gasteiger partial charge in [0.2, 0.25) is 11.8 Å². The standard InChI is InChI=1S/C30H36FN3O5S/c1-5-22(3)32-30(36)27(6-2)33(20-23-16-18-24(39-4)19-17-23)29(35)21-34(28-15-11-10-14-26(28)31)40(37,38)25-12-8-7-9-13-25/h7-19,22,27H,5-6,20-21H2,1-4H3,(H,32,36)/t22-,27-/m1/s1. The predicted octanol–water partition coefficient (Wildman–Crippen LogP) is 4.75. The van der Waals surface area contributed by atoms with Crippen molar-refractivity contribution in [1.29, 1.82) is 0 Å². The number of benzene rings is 3. The Balaban J connectivity index is 2.05. The summed E-state index contributed by atoms with van der Waals surface area (Å²) in [7, 11) is -2.79. The Kier molecular flexibility index (Phi) is 10.7. The van der Waals surface area contributed by atoms with Crippen molar-refractivity contribution in [2.75, 3.05) is 18.0 Å². The fourth-order valence-electron chi connectivity index (χ4n) is 4.18. The van der Waals surface area contributed by atoms with E-state index >= 15 is 0 Å². The Labute approximate surface area is 235 Å². The van der Waals surface area contributed by atoms with Gasteiger partial charge in [-0.25, -0.2) is 12.8 Å². The zero-order valence-electron chi connectivity index (χ0n) is 23.2. The molecule has 0 aliphatic rings. The summed E-state index contributed by atoms with van der Waals surface area (Å²) in [5.41, 5.74) is 0.452. The number of anilines is 1. The van der Waals surface area contributed by atoms with Gasteiger partial charge in [0.25, 0.3) is 10.0 Å². The predicted molar refractivity (Wildman–Crippen MR) is 153 cm³/mol. The largest absolute Gasteiger partial charge is 0.497 e. The first-order valence-electron chi connectivity index (χ1n) is 13.2. The summed E-state index contributed by atoms with van der Waals surface area (Å²) in [5.74, 6) is -1.16. The number of sulfonamides is 1. The summed E-state index contributed by atoms with van der Waals surface area (Å²) in [4.78, 5) is 28.6. The van der Waals surface area contributed by atoms with E-state index in [-0.39, 0.29) is 35.5 Å². The van der Waals surface area contributed by atoms with Gasteiger partial charge in [-0.1, -0.05) is 56.3 Å². The van der Waals surface area contributed by atoms with Crippen LogP contribution in [-0.4, -0.2) is 50.9 Å². The number of hydrogen-bond acceptors (Lipinski definition) is 5. The lowest BCUT2D eigenvalue weighted by atomic mass is 10.1. The minimum atomic E-state index is -4.33. The molecule has 0 fully saturated rings. The molecule has 214 valence electrons. The van der Waals surface area contributed by atoms with Gasteiger partial charge in [-0.3, -0.25) is 13.9 Å². The van der Waals surface area contributed by atoms with E-state index in [4.69, 9.17) is 4.74 Å². The number of amides is 2. The van der Waals surface area contributed by atoms with E-state index in [1.54, 1.807) is 56.5 Å². The molecule has 0 radical (unpaired) electrons.